The highest BCUT2D eigenvalue weighted by Gasteiger charge is 2.33. The van der Waals surface area contributed by atoms with Crippen LogP contribution in [0, 0.1) is 28.6 Å². The Hall–Kier alpha value is -3.56. The van der Waals surface area contributed by atoms with Crippen LogP contribution in [-0.4, -0.2) is 39.4 Å². The largest absolute Gasteiger partial charge is 0.515 e. The smallest absolute Gasteiger partial charge is 0.256 e. The zero-order chi connectivity index (χ0) is 25.6. The lowest BCUT2D eigenvalue weighted by molar-refractivity contribution is -0.125. The topological polar surface area (TPSA) is 165 Å². The number of hydrogen-bond acceptors (Lipinski definition) is 7. The Kier molecular flexibility index (Phi) is 9.05. The van der Waals surface area contributed by atoms with Gasteiger partial charge in [-0.1, -0.05) is 19.8 Å². The lowest BCUT2D eigenvalue weighted by Gasteiger charge is -2.32. The fraction of sp³-hybridized carbons (Fsp3) is 0.458. The van der Waals surface area contributed by atoms with Crippen molar-refractivity contribution in [2.75, 3.05) is 5.32 Å². The van der Waals surface area contributed by atoms with Crippen LogP contribution in [0.5, 0.6) is 0 Å². The molecule has 7 N–H and O–H groups in total. The van der Waals surface area contributed by atoms with Crippen LogP contribution in [0.4, 0.5) is 10.2 Å². The van der Waals surface area contributed by atoms with Gasteiger partial charge in [0, 0.05) is 28.3 Å². The summed E-state index contributed by atoms with van der Waals surface area (Å²) in [6, 6.07) is 1.84. The predicted octanol–water partition coefficient (Wildman–Crippen LogP) is 3.68. The highest BCUT2D eigenvalue weighted by Crippen LogP contribution is 2.31. The number of carbonyl (C=O) groups excluding carboxylic acids is 2. The van der Waals surface area contributed by atoms with Crippen molar-refractivity contribution in [3.05, 3.63) is 41.2 Å². The number of anilines is 1. The maximum atomic E-state index is 14.7. The number of aromatic nitrogens is 1. The molecule has 1 aliphatic rings. The first-order valence-corrected chi connectivity index (χ1v) is 11.2. The van der Waals surface area contributed by atoms with Crippen LogP contribution in [0.1, 0.15) is 58.9 Å². The number of hydrogen-bond donors (Lipinski definition) is 6. The van der Waals surface area contributed by atoms with Gasteiger partial charge < -0.3 is 32.3 Å². The van der Waals surface area contributed by atoms with E-state index in [2.05, 4.69) is 22.5 Å². The van der Waals surface area contributed by atoms with Crippen molar-refractivity contribution in [3.8, 4) is 0 Å². The summed E-state index contributed by atoms with van der Waals surface area (Å²) in [5.41, 5.74) is 6.04. The number of nitrogens with two attached hydrogens (primary N) is 1. The number of nitrogens with one attached hydrogen (secondary N) is 4. The van der Waals surface area contributed by atoms with E-state index in [0.29, 0.717) is 25.0 Å². The van der Waals surface area contributed by atoms with E-state index in [4.69, 9.17) is 16.6 Å². The van der Waals surface area contributed by atoms with Gasteiger partial charge in [0.15, 0.2) is 0 Å². The molecule has 0 spiro atoms. The van der Waals surface area contributed by atoms with E-state index in [1.54, 1.807) is 6.92 Å². The molecule has 9 nitrogen and oxygen atoms in total. The SMILES string of the molecule is CC(=N)/C(=C(/C)N)c1ccc(NC(=O)[C@@H](NC(=O)/C(=C/O)C(C)=N)[C@H]2CC[C@H](C)CC2)nc1F. The van der Waals surface area contributed by atoms with E-state index < -0.39 is 23.8 Å². The van der Waals surface area contributed by atoms with Crippen LogP contribution in [0.15, 0.2) is 29.7 Å². The van der Waals surface area contributed by atoms with Crippen LogP contribution in [0.25, 0.3) is 5.57 Å². The lowest BCUT2D eigenvalue weighted by Crippen LogP contribution is -2.50. The fourth-order valence-corrected chi connectivity index (χ4v) is 4.17. The summed E-state index contributed by atoms with van der Waals surface area (Å²) in [4.78, 5) is 29.6. The van der Waals surface area contributed by atoms with Crippen LogP contribution < -0.4 is 16.4 Å². The van der Waals surface area contributed by atoms with Crippen molar-refractivity contribution in [1.82, 2.24) is 10.3 Å². The third kappa shape index (κ3) is 6.49. The number of amides is 2. The van der Waals surface area contributed by atoms with Gasteiger partial charge in [-0.25, -0.2) is 4.98 Å². The molecule has 0 saturated heterocycles. The Morgan fingerprint density at radius 1 is 1.18 bits per heavy atom. The average Bonchev–Trinajstić information content (AvgIpc) is 2.74. The Labute approximate surface area is 198 Å². The summed E-state index contributed by atoms with van der Waals surface area (Å²) >= 11 is 0. The van der Waals surface area contributed by atoms with Gasteiger partial charge in [0.05, 0.1) is 11.8 Å². The molecule has 34 heavy (non-hydrogen) atoms. The molecular formula is C24H33FN6O3. The summed E-state index contributed by atoms with van der Waals surface area (Å²) in [6.07, 6.45) is 3.76. The van der Waals surface area contributed by atoms with Crippen molar-refractivity contribution in [1.29, 1.82) is 10.8 Å². The molecule has 0 unspecified atom stereocenters. The maximum absolute atomic E-state index is 14.7. The Bertz CT molecular complexity index is 1040. The number of allylic oxidation sites excluding steroid dienone is 2. The molecule has 10 heteroatoms. The fourth-order valence-electron chi connectivity index (χ4n) is 4.17. The minimum absolute atomic E-state index is 0.0486. The third-order valence-corrected chi connectivity index (χ3v) is 6.02. The summed E-state index contributed by atoms with van der Waals surface area (Å²) in [5.74, 6) is -1.89. The van der Waals surface area contributed by atoms with E-state index in [-0.39, 0.29) is 45.6 Å². The molecule has 1 heterocycles. The predicted molar refractivity (Wildman–Crippen MR) is 130 cm³/mol. The minimum atomic E-state index is -0.954. The number of pyridine rings is 1. The molecule has 0 bridgehead atoms. The van der Waals surface area contributed by atoms with Crippen molar-refractivity contribution in [3.63, 3.8) is 0 Å². The first-order valence-electron chi connectivity index (χ1n) is 11.2. The molecule has 0 radical (unpaired) electrons. The molecule has 1 aliphatic carbocycles. The molecule has 0 aliphatic heterocycles. The van der Waals surface area contributed by atoms with Crippen LogP contribution >= 0.6 is 0 Å². The summed E-state index contributed by atoms with van der Waals surface area (Å²) in [7, 11) is 0. The zero-order valence-corrected chi connectivity index (χ0v) is 20.0. The van der Waals surface area contributed by atoms with Crippen molar-refractivity contribution < 1.29 is 19.1 Å². The Morgan fingerprint density at radius 2 is 1.79 bits per heavy atom. The number of halogens is 1. The number of aliphatic hydroxyl groups excluding tert-OH is 1. The normalized spacial score (nSPS) is 20.1. The molecule has 1 aromatic rings. The number of carbonyl (C=O) groups is 2. The standard InChI is InChI=1S/C24H33FN6O3/c1-12-5-7-16(8-6-12)21(31-23(33)18(11-32)13(2)26)24(34)30-19-10-9-17(22(25)29-19)20(14(3)27)15(4)28/h9-12,16,21,26-27,32H,5-8,28H2,1-4H3,(H,31,33)(H,29,30,34)/b18-11+,20-15+,26-13?,27-14?/t12-,16-,21-/m0/s1. The van der Waals surface area contributed by atoms with Crippen LogP contribution in [0.2, 0.25) is 0 Å². The molecule has 1 fully saturated rings. The van der Waals surface area contributed by atoms with Gasteiger partial charge in [-0.3, -0.25) is 9.59 Å². The summed E-state index contributed by atoms with van der Waals surface area (Å²) < 4.78 is 14.7. The van der Waals surface area contributed by atoms with Crippen LogP contribution in [0.3, 0.4) is 0 Å². The third-order valence-electron chi connectivity index (χ3n) is 6.02. The van der Waals surface area contributed by atoms with E-state index in [1.807, 2.05) is 0 Å². The van der Waals surface area contributed by atoms with Crippen molar-refractivity contribution in [2.24, 2.45) is 17.6 Å². The highest BCUT2D eigenvalue weighted by molar-refractivity contribution is 6.22. The second-order valence-electron chi connectivity index (χ2n) is 8.85. The second kappa shape index (κ2) is 11.5. The monoisotopic (exact) mass is 472 g/mol. The highest BCUT2D eigenvalue weighted by atomic mass is 19.1. The number of aliphatic hydroxyl groups is 1. The lowest BCUT2D eigenvalue weighted by atomic mass is 9.79. The molecule has 1 atom stereocenters. The summed E-state index contributed by atoms with van der Waals surface area (Å²) in [5, 5.41) is 30.0. The molecule has 1 saturated carbocycles. The molecule has 1 aromatic heterocycles. The van der Waals surface area contributed by atoms with E-state index in [0.717, 1.165) is 12.8 Å². The van der Waals surface area contributed by atoms with Gasteiger partial charge in [0.25, 0.3) is 5.91 Å². The average molecular weight is 473 g/mol. The van der Waals surface area contributed by atoms with Gasteiger partial charge in [0.2, 0.25) is 11.9 Å². The second-order valence-corrected chi connectivity index (χ2v) is 8.85. The van der Waals surface area contributed by atoms with Crippen molar-refractivity contribution >= 4 is 34.6 Å². The van der Waals surface area contributed by atoms with Gasteiger partial charge in [-0.15, -0.1) is 0 Å². The molecule has 2 amide bonds. The Balaban J connectivity index is 2.30. The van der Waals surface area contributed by atoms with Gasteiger partial charge in [-0.05, 0) is 57.6 Å². The summed E-state index contributed by atoms with van der Waals surface area (Å²) in [6.45, 7) is 6.54. The van der Waals surface area contributed by atoms with E-state index in [9.17, 15) is 19.1 Å². The number of rotatable bonds is 8. The van der Waals surface area contributed by atoms with Crippen LogP contribution in [-0.2, 0) is 9.59 Å². The zero-order valence-electron chi connectivity index (χ0n) is 20.0. The first kappa shape index (κ1) is 26.7. The van der Waals surface area contributed by atoms with Crippen molar-refractivity contribution in [2.45, 2.75) is 59.4 Å². The molecule has 184 valence electrons. The maximum Gasteiger partial charge on any atom is 0.256 e. The molecular weight excluding hydrogens is 439 g/mol. The molecule has 0 aromatic carbocycles. The van der Waals surface area contributed by atoms with Gasteiger partial charge in [-0.2, -0.15) is 4.39 Å². The quantitative estimate of drug-likeness (QED) is 0.147. The Morgan fingerprint density at radius 3 is 2.26 bits per heavy atom. The minimum Gasteiger partial charge on any atom is -0.515 e. The first-order chi connectivity index (χ1) is 16.0. The van der Waals surface area contributed by atoms with E-state index >= 15 is 0 Å². The van der Waals surface area contributed by atoms with E-state index in [1.165, 1.54) is 26.0 Å². The van der Waals surface area contributed by atoms with Gasteiger partial charge >= 0.3 is 0 Å². The molecule has 2 rings (SSSR count). The van der Waals surface area contributed by atoms with Gasteiger partial charge in [0.1, 0.15) is 11.9 Å². The number of nitrogens with zero attached hydrogens (tertiary/aromatic N) is 1.